The number of hydrogen-bond donors (Lipinski definition) is 1. The largest absolute Gasteiger partial charge is 0.471 e. The summed E-state index contributed by atoms with van der Waals surface area (Å²) in [5, 5.41) is 6.19. The highest BCUT2D eigenvalue weighted by Gasteiger charge is 2.38. The fraction of sp³-hybridized carbons (Fsp3) is 0.500. The Hall–Kier alpha value is -2.38. The molecule has 142 valence electrons. The molecule has 0 atom stereocenters. The quantitative estimate of drug-likeness (QED) is 0.637. The zero-order valence-electron chi connectivity index (χ0n) is 14.6. The van der Waals surface area contributed by atoms with Gasteiger partial charge in [0.2, 0.25) is 5.91 Å². The van der Waals surface area contributed by atoms with Crippen LogP contribution in [0.2, 0.25) is 0 Å². The second-order valence-electron chi connectivity index (χ2n) is 6.20. The van der Waals surface area contributed by atoms with E-state index in [4.69, 9.17) is 0 Å². The Labute approximate surface area is 150 Å². The molecule has 8 heteroatoms. The number of nitrogens with one attached hydrogen (secondary N) is 1. The van der Waals surface area contributed by atoms with Gasteiger partial charge in [-0.05, 0) is 37.5 Å². The molecule has 0 radical (unpaired) electrons. The molecule has 2 aromatic rings. The van der Waals surface area contributed by atoms with E-state index in [-0.39, 0.29) is 11.7 Å². The summed E-state index contributed by atoms with van der Waals surface area (Å²) in [6, 6.07) is 7.63. The highest BCUT2D eigenvalue weighted by molar-refractivity contribution is 5.90. The van der Waals surface area contributed by atoms with Gasteiger partial charge in [0.25, 0.3) is 0 Å². The van der Waals surface area contributed by atoms with Crippen molar-refractivity contribution in [2.45, 2.75) is 58.0 Å². The Kier molecular flexibility index (Phi) is 7.17. The minimum Gasteiger partial charge on any atom is -0.329 e. The first-order valence-electron chi connectivity index (χ1n) is 8.61. The molecule has 26 heavy (non-hydrogen) atoms. The van der Waals surface area contributed by atoms with Crippen molar-refractivity contribution >= 4 is 11.6 Å². The summed E-state index contributed by atoms with van der Waals surface area (Å²) < 4.78 is 41.1. The monoisotopic (exact) mass is 369 g/mol. The molecule has 0 spiro atoms. The van der Waals surface area contributed by atoms with Gasteiger partial charge in [-0.2, -0.15) is 18.2 Å². The summed E-state index contributed by atoms with van der Waals surface area (Å²) in [6.45, 7) is 1.97. The number of anilines is 1. The summed E-state index contributed by atoms with van der Waals surface area (Å²) >= 11 is 0. The number of halogens is 3. The number of rotatable bonds is 9. The summed E-state index contributed by atoms with van der Waals surface area (Å²) in [7, 11) is 0. The third-order valence-electron chi connectivity index (χ3n) is 3.82. The van der Waals surface area contributed by atoms with Gasteiger partial charge in [-0.3, -0.25) is 4.79 Å². The van der Waals surface area contributed by atoms with Crippen molar-refractivity contribution in [1.82, 2.24) is 10.1 Å². The standard InChI is InChI=1S/C18H22F3N3O2/c1-13-8-7-9-14(12-13)22-16(25)11-6-4-2-3-5-10-15-23-17(26-24-15)18(19,20)21/h7-9,12H,2-6,10-11H2,1H3,(H,22,25). The van der Waals surface area contributed by atoms with E-state index in [2.05, 4.69) is 20.0 Å². The molecule has 0 saturated heterocycles. The smallest absolute Gasteiger partial charge is 0.329 e. The predicted molar refractivity (Wildman–Crippen MR) is 90.5 cm³/mol. The number of nitrogens with zero attached hydrogens (tertiary/aromatic N) is 2. The average Bonchev–Trinajstić information content (AvgIpc) is 3.03. The normalized spacial score (nSPS) is 11.5. The van der Waals surface area contributed by atoms with Crippen LogP contribution in [0.25, 0.3) is 0 Å². The fourth-order valence-electron chi connectivity index (χ4n) is 2.52. The van der Waals surface area contributed by atoms with Gasteiger partial charge in [-0.25, -0.2) is 0 Å². The number of aromatic nitrogens is 2. The number of unbranched alkanes of at least 4 members (excludes halogenated alkanes) is 4. The third-order valence-corrected chi connectivity index (χ3v) is 3.82. The van der Waals surface area contributed by atoms with Crippen molar-refractivity contribution in [2.75, 3.05) is 5.32 Å². The number of aryl methyl sites for hydroxylation is 2. The molecule has 1 amide bonds. The first kappa shape index (κ1) is 19.9. The second kappa shape index (κ2) is 9.35. The van der Waals surface area contributed by atoms with E-state index in [1.54, 1.807) is 0 Å². The molecule has 1 aromatic heterocycles. The minimum absolute atomic E-state index is 0.0120. The van der Waals surface area contributed by atoms with Crippen LogP contribution in [0.5, 0.6) is 0 Å². The van der Waals surface area contributed by atoms with E-state index >= 15 is 0 Å². The van der Waals surface area contributed by atoms with Crippen LogP contribution in [0.15, 0.2) is 28.8 Å². The van der Waals surface area contributed by atoms with Gasteiger partial charge in [0.05, 0.1) is 0 Å². The Balaban J connectivity index is 1.54. The van der Waals surface area contributed by atoms with Gasteiger partial charge in [0.1, 0.15) is 0 Å². The number of hydrogen-bond acceptors (Lipinski definition) is 4. The second-order valence-corrected chi connectivity index (χ2v) is 6.20. The van der Waals surface area contributed by atoms with Crippen molar-refractivity contribution < 1.29 is 22.5 Å². The molecule has 0 aliphatic carbocycles. The zero-order valence-corrected chi connectivity index (χ0v) is 14.6. The van der Waals surface area contributed by atoms with Crippen molar-refractivity contribution in [2.24, 2.45) is 0 Å². The Morgan fingerprint density at radius 3 is 2.58 bits per heavy atom. The SMILES string of the molecule is Cc1cccc(NC(=O)CCCCCCCc2noc(C(F)(F)F)n2)c1. The Bertz CT molecular complexity index is 714. The third kappa shape index (κ3) is 6.85. The van der Waals surface area contributed by atoms with Gasteiger partial charge >= 0.3 is 12.1 Å². The molecule has 1 N–H and O–H groups in total. The first-order chi connectivity index (χ1) is 12.3. The lowest BCUT2D eigenvalue weighted by atomic mass is 10.1. The maximum atomic E-state index is 12.3. The maximum absolute atomic E-state index is 12.3. The average molecular weight is 369 g/mol. The van der Waals surface area contributed by atoms with Gasteiger partial charge in [-0.1, -0.05) is 36.6 Å². The van der Waals surface area contributed by atoms with Crippen molar-refractivity contribution in [3.8, 4) is 0 Å². The molecule has 1 heterocycles. The molecule has 5 nitrogen and oxygen atoms in total. The lowest BCUT2D eigenvalue weighted by molar-refractivity contribution is -0.159. The first-order valence-corrected chi connectivity index (χ1v) is 8.61. The predicted octanol–water partition coefficient (Wildman–Crippen LogP) is 4.92. The number of carbonyl (C=O) groups is 1. The van der Waals surface area contributed by atoms with Crippen LogP contribution in [0.4, 0.5) is 18.9 Å². The Morgan fingerprint density at radius 1 is 1.15 bits per heavy atom. The molecule has 2 rings (SSSR count). The zero-order chi connectivity index (χ0) is 19.0. The highest BCUT2D eigenvalue weighted by atomic mass is 19.4. The van der Waals surface area contributed by atoms with Crippen LogP contribution in [-0.4, -0.2) is 16.0 Å². The van der Waals surface area contributed by atoms with Gasteiger partial charge in [0.15, 0.2) is 5.82 Å². The van der Waals surface area contributed by atoms with E-state index in [0.29, 0.717) is 19.3 Å². The maximum Gasteiger partial charge on any atom is 0.471 e. The van der Waals surface area contributed by atoms with E-state index in [0.717, 1.165) is 36.9 Å². The molecule has 1 aromatic carbocycles. The Morgan fingerprint density at radius 2 is 1.88 bits per heavy atom. The molecule has 0 bridgehead atoms. The van der Waals surface area contributed by atoms with E-state index in [1.165, 1.54) is 0 Å². The van der Waals surface area contributed by atoms with Crippen LogP contribution >= 0.6 is 0 Å². The minimum atomic E-state index is -4.59. The van der Waals surface area contributed by atoms with Gasteiger partial charge in [-0.15, -0.1) is 0 Å². The molecule has 0 fully saturated rings. The number of amides is 1. The molecule has 0 unspecified atom stereocenters. The summed E-state index contributed by atoms with van der Waals surface area (Å²) in [5.74, 6) is -1.23. The van der Waals surface area contributed by atoms with Gasteiger partial charge in [0, 0.05) is 18.5 Å². The van der Waals surface area contributed by atoms with Crippen LogP contribution < -0.4 is 5.32 Å². The van der Waals surface area contributed by atoms with Crippen LogP contribution in [-0.2, 0) is 17.4 Å². The number of benzene rings is 1. The number of alkyl halides is 3. The molecular formula is C18H22F3N3O2. The van der Waals surface area contributed by atoms with Crippen LogP contribution in [0.3, 0.4) is 0 Å². The fourth-order valence-corrected chi connectivity index (χ4v) is 2.52. The van der Waals surface area contributed by atoms with Gasteiger partial charge < -0.3 is 9.84 Å². The molecule has 0 saturated carbocycles. The lowest BCUT2D eigenvalue weighted by Crippen LogP contribution is -2.11. The van der Waals surface area contributed by atoms with Crippen LogP contribution in [0.1, 0.15) is 55.8 Å². The van der Waals surface area contributed by atoms with Crippen molar-refractivity contribution in [3.63, 3.8) is 0 Å². The van der Waals surface area contributed by atoms with Crippen LogP contribution in [0, 0.1) is 6.92 Å². The van der Waals surface area contributed by atoms with E-state index in [9.17, 15) is 18.0 Å². The summed E-state index contributed by atoms with van der Waals surface area (Å²) in [5.41, 5.74) is 1.89. The summed E-state index contributed by atoms with van der Waals surface area (Å²) in [6.07, 6.45) is 0.314. The molecular weight excluding hydrogens is 347 g/mol. The highest BCUT2D eigenvalue weighted by Crippen LogP contribution is 2.27. The van der Waals surface area contributed by atoms with Crippen molar-refractivity contribution in [1.29, 1.82) is 0 Å². The summed E-state index contributed by atoms with van der Waals surface area (Å²) in [4.78, 5) is 15.2. The topological polar surface area (TPSA) is 68.0 Å². The van der Waals surface area contributed by atoms with Crippen molar-refractivity contribution in [3.05, 3.63) is 41.5 Å². The number of carbonyl (C=O) groups excluding carboxylic acids is 1. The molecule has 0 aliphatic heterocycles. The van der Waals surface area contributed by atoms with E-state index in [1.807, 2.05) is 31.2 Å². The van der Waals surface area contributed by atoms with E-state index < -0.39 is 12.1 Å². The lowest BCUT2D eigenvalue weighted by Gasteiger charge is -2.06. The molecule has 0 aliphatic rings.